The molecule has 0 radical (unpaired) electrons. The molecule has 0 aliphatic carbocycles. The van der Waals surface area contributed by atoms with Crippen LogP contribution in [0.3, 0.4) is 0 Å². The van der Waals surface area contributed by atoms with Gasteiger partial charge >= 0.3 is 5.97 Å². The highest BCUT2D eigenvalue weighted by atomic mass is 32.1. The van der Waals surface area contributed by atoms with Crippen molar-refractivity contribution in [2.75, 3.05) is 6.61 Å². The molecule has 32 heavy (non-hydrogen) atoms. The van der Waals surface area contributed by atoms with Crippen molar-refractivity contribution in [1.82, 2.24) is 9.99 Å². The Balaban J connectivity index is 1.30. The van der Waals surface area contributed by atoms with Gasteiger partial charge in [0.2, 0.25) is 0 Å². The molecule has 0 saturated carbocycles. The molecule has 1 aliphatic rings. The molecule has 1 amide bonds. The molecule has 1 aliphatic heterocycles. The maximum Gasteiger partial charge on any atom is 0.350 e. The fourth-order valence-corrected chi connectivity index (χ4v) is 6.59. The summed E-state index contributed by atoms with van der Waals surface area (Å²) in [5.74, 6) is -0.882. The number of carbonyl (C=O) groups excluding carboxylic acids is 2. The van der Waals surface area contributed by atoms with E-state index in [1.807, 2.05) is 51.9 Å². The Kier molecular flexibility index (Phi) is 6.01. The molecule has 0 spiro atoms. The number of thiophene rings is 3. The van der Waals surface area contributed by atoms with Crippen LogP contribution in [-0.2, 0) is 9.53 Å². The second-order valence-electron chi connectivity index (χ2n) is 7.02. The number of nitrogens with zero attached hydrogens (tertiary/aromatic N) is 3. The monoisotopic (exact) mass is 499 g/mol. The largest absolute Gasteiger partial charge is 0.451 e. The van der Waals surface area contributed by atoms with Crippen LogP contribution in [0.5, 0.6) is 0 Å². The van der Waals surface area contributed by atoms with E-state index in [0.29, 0.717) is 17.0 Å². The summed E-state index contributed by atoms with van der Waals surface area (Å²) >= 11 is 6.04. The molecule has 5 heterocycles. The Bertz CT molecular complexity index is 1260. The first-order valence-electron chi connectivity index (χ1n) is 9.74. The summed E-state index contributed by atoms with van der Waals surface area (Å²) in [6.07, 6.45) is 0.638. The summed E-state index contributed by atoms with van der Waals surface area (Å²) in [5, 5.41) is 14.7. The molecule has 162 valence electrons. The SMILES string of the molecule is Cc1nc(-c2ccsc2)sc1C(=O)OCC(=O)N1N=C(c2cccs2)CC1c1cccs1. The van der Waals surface area contributed by atoms with Crippen LogP contribution in [0.4, 0.5) is 0 Å². The van der Waals surface area contributed by atoms with Crippen LogP contribution in [0.1, 0.15) is 37.6 Å². The molecule has 1 unspecified atom stereocenters. The fourth-order valence-electron chi connectivity index (χ4n) is 3.39. The van der Waals surface area contributed by atoms with Crippen molar-refractivity contribution in [3.63, 3.8) is 0 Å². The number of ether oxygens (including phenoxy) is 1. The second-order valence-corrected chi connectivity index (χ2v) is 10.7. The van der Waals surface area contributed by atoms with E-state index in [4.69, 9.17) is 4.74 Å². The maximum absolute atomic E-state index is 13.0. The molecule has 5 rings (SSSR count). The highest BCUT2D eigenvalue weighted by Crippen LogP contribution is 2.36. The van der Waals surface area contributed by atoms with Crippen molar-refractivity contribution in [3.8, 4) is 10.6 Å². The van der Waals surface area contributed by atoms with Gasteiger partial charge < -0.3 is 4.74 Å². The topological polar surface area (TPSA) is 71.9 Å². The number of aryl methyl sites for hydroxylation is 1. The van der Waals surface area contributed by atoms with E-state index < -0.39 is 5.97 Å². The number of aromatic nitrogens is 1. The number of hydrazone groups is 1. The third-order valence-corrected chi connectivity index (χ3v) is 8.68. The van der Waals surface area contributed by atoms with Crippen molar-refractivity contribution < 1.29 is 14.3 Å². The second kappa shape index (κ2) is 9.07. The molecule has 0 saturated heterocycles. The van der Waals surface area contributed by atoms with Gasteiger partial charge in [0, 0.05) is 22.2 Å². The number of rotatable bonds is 6. The summed E-state index contributed by atoms with van der Waals surface area (Å²) in [7, 11) is 0. The normalized spacial score (nSPS) is 15.7. The summed E-state index contributed by atoms with van der Waals surface area (Å²) in [6, 6.07) is 9.71. The highest BCUT2D eigenvalue weighted by Gasteiger charge is 2.34. The van der Waals surface area contributed by atoms with E-state index in [1.165, 1.54) is 16.3 Å². The van der Waals surface area contributed by atoms with E-state index in [1.54, 1.807) is 40.9 Å². The van der Waals surface area contributed by atoms with Crippen LogP contribution in [0, 0.1) is 6.92 Å². The van der Waals surface area contributed by atoms with Gasteiger partial charge in [-0.25, -0.2) is 14.8 Å². The van der Waals surface area contributed by atoms with Gasteiger partial charge in [0.25, 0.3) is 5.91 Å². The predicted molar refractivity (Wildman–Crippen MR) is 130 cm³/mol. The van der Waals surface area contributed by atoms with Gasteiger partial charge in [0.15, 0.2) is 6.61 Å². The summed E-state index contributed by atoms with van der Waals surface area (Å²) < 4.78 is 5.39. The van der Waals surface area contributed by atoms with Gasteiger partial charge in [0.05, 0.1) is 22.3 Å². The highest BCUT2D eigenvalue weighted by molar-refractivity contribution is 7.17. The van der Waals surface area contributed by atoms with Crippen LogP contribution in [0.2, 0.25) is 0 Å². The zero-order valence-electron chi connectivity index (χ0n) is 16.9. The molecule has 0 N–H and O–H groups in total. The van der Waals surface area contributed by atoms with Crippen LogP contribution in [-0.4, -0.2) is 34.2 Å². The van der Waals surface area contributed by atoms with Gasteiger partial charge in [-0.2, -0.15) is 16.4 Å². The lowest BCUT2D eigenvalue weighted by atomic mass is 10.1. The van der Waals surface area contributed by atoms with Gasteiger partial charge in [-0.1, -0.05) is 12.1 Å². The fraction of sp³-hybridized carbons (Fsp3) is 0.182. The molecular formula is C22H17N3O3S4. The van der Waals surface area contributed by atoms with Crippen LogP contribution in [0.15, 0.2) is 57.0 Å². The Morgan fingerprint density at radius 1 is 1.16 bits per heavy atom. The quantitative estimate of drug-likeness (QED) is 0.313. The molecule has 4 aromatic heterocycles. The van der Waals surface area contributed by atoms with Gasteiger partial charge in [-0.15, -0.1) is 34.0 Å². The predicted octanol–water partition coefficient (Wildman–Crippen LogP) is 5.84. The average molecular weight is 500 g/mol. The lowest BCUT2D eigenvalue weighted by molar-refractivity contribution is -0.136. The van der Waals surface area contributed by atoms with Crippen molar-refractivity contribution in [2.24, 2.45) is 5.10 Å². The maximum atomic E-state index is 13.0. The number of esters is 1. The number of hydrogen-bond acceptors (Lipinski definition) is 9. The Morgan fingerprint density at radius 3 is 2.72 bits per heavy atom. The van der Waals surface area contributed by atoms with Gasteiger partial charge in [-0.3, -0.25) is 4.79 Å². The summed E-state index contributed by atoms with van der Waals surface area (Å²) in [4.78, 5) is 32.7. The summed E-state index contributed by atoms with van der Waals surface area (Å²) in [6.45, 7) is 1.41. The molecule has 4 aromatic rings. The zero-order valence-corrected chi connectivity index (χ0v) is 20.2. The van der Waals surface area contributed by atoms with E-state index in [2.05, 4.69) is 10.1 Å². The molecule has 0 aromatic carbocycles. The minimum atomic E-state index is -0.538. The minimum absolute atomic E-state index is 0.186. The van der Waals surface area contributed by atoms with Gasteiger partial charge in [-0.05, 0) is 41.3 Å². The molecule has 0 fully saturated rings. The van der Waals surface area contributed by atoms with Crippen molar-refractivity contribution in [1.29, 1.82) is 0 Å². The van der Waals surface area contributed by atoms with Crippen LogP contribution >= 0.6 is 45.3 Å². The van der Waals surface area contributed by atoms with E-state index >= 15 is 0 Å². The standard InChI is InChI=1S/C22H17N3O3S4/c1-13-20(32-21(23-13)14-6-9-29-12-14)22(27)28-11-19(26)25-16(18-5-3-8-31-18)10-15(24-25)17-4-2-7-30-17/h2-9,12,16H,10-11H2,1H3. The number of amides is 1. The van der Waals surface area contributed by atoms with Crippen LogP contribution < -0.4 is 0 Å². The van der Waals surface area contributed by atoms with Crippen molar-refractivity contribution in [3.05, 3.63) is 72.2 Å². The number of thiazole rings is 1. The molecule has 10 heteroatoms. The Hall–Kier alpha value is -2.66. The average Bonchev–Trinajstić information content (AvgIpc) is 3.61. The lowest BCUT2D eigenvalue weighted by Gasteiger charge is -2.20. The molecule has 0 bridgehead atoms. The first kappa shape index (κ1) is 21.2. The smallest absolute Gasteiger partial charge is 0.350 e. The minimum Gasteiger partial charge on any atom is -0.451 e. The van der Waals surface area contributed by atoms with Crippen molar-refractivity contribution in [2.45, 2.75) is 19.4 Å². The Morgan fingerprint density at radius 2 is 2.00 bits per heavy atom. The van der Waals surface area contributed by atoms with E-state index in [0.717, 1.165) is 26.0 Å². The van der Waals surface area contributed by atoms with E-state index in [9.17, 15) is 9.59 Å². The molecule has 1 atom stereocenters. The number of carbonyl (C=O) groups is 2. The third kappa shape index (κ3) is 4.18. The zero-order chi connectivity index (χ0) is 22.1. The molecular weight excluding hydrogens is 483 g/mol. The Labute approximate surface area is 200 Å². The summed E-state index contributed by atoms with van der Waals surface area (Å²) in [5.41, 5.74) is 2.45. The van der Waals surface area contributed by atoms with Gasteiger partial charge in [0.1, 0.15) is 9.88 Å². The number of hydrogen-bond donors (Lipinski definition) is 0. The van der Waals surface area contributed by atoms with Crippen LogP contribution in [0.25, 0.3) is 10.6 Å². The molecule has 6 nitrogen and oxygen atoms in total. The van der Waals surface area contributed by atoms with Crippen molar-refractivity contribution >= 4 is 62.9 Å². The van der Waals surface area contributed by atoms with E-state index in [-0.39, 0.29) is 18.6 Å². The lowest BCUT2D eigenvalue weighted by Crippen LogP contribution is -2.31. The third-order valence-electron chi connectivity index (χ3n) is 4.92. The first-order chi connectivity index (χ1) is 15.6. The first-order valence-corrected chi connectivity index (χ1v) is 13.3.